The highest BCUT2D eigenvalue weighted by Gasteiger charge is 2.25. The molecule has 1 saturated heterocycles. The number of carbonyl (C=O) groups excluding carboxylic acids is 1. The summed E-state index contributed by atoms with van der Waals surface area (Å²) in [6.07, 6.45) is 3.65. The van der Waals surface area contributed by atoms with Crippen molar-refractivity contribution in [3.05, 3.63) is 46.2 Å². The van der Waals surface area contributed by atoms with Crippen LogP contribution in [-0.2, 0) is 17.6 Å². The van der Waals surface area contributed by atoms with Crippen LogP contribution in [0.25, 0.3) is 5.69 Å². The van der Waals surface area contributed by atoms with Crippen LogP contribution < -0.4 is 5.32 Å². The standard InChI is InChI=1S/C21H28ClN3O2/c1-4-19-20(21(26)23-13-17-9-6-10-27-17)18(11-14(2)3)24-25(19)16-8-5-7-15(22)12-16/h5,7-8,12,14,17H,4,6,9-11,13H2,1-3H3,(H,23,26). The first-order valence-electron chi connectivity index (χ1n) is 9.76. The quantitative estimate of drug-likeness (QED) is 0.772. The summed E-state index contributed by atoms with van der Waals surface area (Å²) in [5.41, 5.74) is 3.33. The molecule has 1 atom stereocenters. The molecule has 5 nitrogen and oxygen atoms in total. The fourth-order valence-electron chi connectivity index (χ4n) is 3.54. The topological polar surface area (TPSA) is 56.1 Å². The first-order chi connectivity index (χ1) is 13.0. The molecule has 1 aliphatic heterocycles. The number of rotatable bonds is 7. The van der Waals surface area contributed by atoms with Crippen LogP contribution in [0.4, 0.5) is 0 Å². The molecule has 3 rings (SSSR count). The van der Waals surface area contributed by atoms with Gasteiger partial charge in [-0.05, 0) is 49.8 Å². The van der Waals surface area contributed by atoms with Gasteiger partial charge in [0.05, 0.1) is 28.7 Å². The maximum atomic E-state index is 13.0. The number of benzene rings is 1. The minimum absolute atomic E-state index is 0.0636. The summed E-state index contributed by atoms with van der Waals surface area (Å²) in [6.45, 7) is 7.65. The predicted molar refractivity (Wildman–Crippen MR) is 108 cm³/mol. The Morgan fingerprint density at radius 1 is 1.44 bits per heavy atom. The number of hydrogen-bond donors (Lipinski definition) is 1. The summed E-state index contributed by atoms with van der Waals surface area (Å²) in [4.78, 5) is 13.0. The van der Waals surface area contributed by atoms with Gasteiger partial charge >= 0.3 is 0 Å². The molecule has 6 heteroatoms. The minimum Gasteiger partial charge on any atom is -0.376 e. The Morgan fingerprint density at radius 3 is 2.89 bits per heavy atom. The SMILES string of the molecule is CCc1c(C(=O)NCC2CCCO2)c(CC(C)C)nn1-c1cccc(Cl)c1. The second-order valence-electron chi connectivity index (χ2n) is 7.46. The number of amides is 1. The number of halogens is 1. The monoisotopic (exact) mass is 389 g/mol. The fourth-order valence-corrected chi connectivity index (χ4v) is 3.73. The lowest BCUT2D eigenvalue weighted by Gasteiger charge is -2.12. The zero-order valence-electron chi connectivity index (χ0n) is 16.3. The summed E-state index contributed by atoms with van der Waals surface area (Å²) >= 11 is 6.17. The molecule has 1 aliphatic rings. The van der Waals surface area contributed by atoms with Crippen molar-refractivity contribution in [1.82, 2.24) is 15.1 Å². The van der Waals surface area contributed by atoms with Crippen molar-refractivity contribution in [3.63, 3.8) is 0 Å². The van der Waals surface area contributed by atoms with E-state index in [0.29, 0.717) is 29.5 Å². The highest BCUT2D eigenvalue weighted by Crippen LogP contribution is 2.24. The van der Waals surface area contributed by atoms with Crippen LogP contribution in [0.5, 0.6) is 0 Å². The molecule has 0 aliphatic carbocycles. The van der Waals surface area contributed by atoms with Crippen molar-refractivity contribution < 1.29 is 9.53 Å². The van der Waals surface area contributed by atoms with Gasteiger partial charge in [0.15, 0.2) is 0 Å². The molecule has 27 heavy (non-hydrogen) atoms. The van der Waals surface area contributed by atoms with E-state index in [-0.39, 0.29) is 12.0 Å². The zero-order valence-corrected chi connectivity index (χ0v) is 17.1. The van der Waals surface area contributed by atoms with Gasteiger partial charge < -0.3 is 10.1 Å². The van der Waals surface area contributed by atoms with Gasteiger partial charge in [-0.1, -0.05) is 38.4 Å². The van der Waals surface area contributed by atoms with Gasteiger partial charge in [-0.2, -0.15) is 5.10 Å². The molecular weight excluding hydrogens is 362 g/mol. The first-order valence-corrected chi connectivity index (χ1v) is 10.1. The second-order valence-corrected chi connectivity index (χ2v) is 7.89. The number of aromatic nitrogens is 2. The molecule has 0 saturated carbocycles. The predicted octanol–water partition coefficient (Wildman–Crippen LogP) is 4.20. The Morgan fingerprint density at radius 2 is 2.26 bits per heavy atom. The fraction of sp³-hybridized carbons (Fsp3) is 0.524. The van der Waals surface area contributed by atoms with E-state index in [0.717, 1.165) is 42.9 Å². The lowest BCUT2D eigenvalue weighted by Crippen LogP contribution is -2.32. The van der Waals surface area contributed by atoms with Crippen LogP contribution in [0.3, 0.4) is 0 Å². The summed E-state index contributed by atoms with van der Waals surface area (Å²) in [6, 6.07) is 7.58. The largest absolute Gasteiger partial charge is 0.376 e. The average Bonchev–Trinajstić information content (AvgIpc) is 3.26. The molecule has 146 valence electrons. The highest BCUT2D eigenvalue weighted by molar-refractivity contribution is 6.30. The lowest BCUT2D eigenvalue weighted by atomic mass is 10.0. The number of carbonyl (C=O) groups is 1. The summed E-state index contributed by atoms with van der Waals surface area (Å²) in [5.74, 6) is 0.341. The third kappa shape index (κ3) is 4.71. The van der Waals surface area contributed by atoms with E-state index in [1.807, 2.05) is 35.9 Å². The molecule has 0 spiro atoms. The number of nitrogens with one attached hydrogen (secondary N) is 1. The summed E-state index contributed by atoms with van der Waals surface area (Å²) < 4.78 is 7.49. The summed E-state index contributed by atoms with van der Waals surface area (Å²) in [5, 5.41) is 8.51. The zero-order chi connectivity index (χ0) is 19.4. The van der Waals surface area contributed by atoms with Crippen molar-refractivity contribution in [1.29, 1.82) is 0 Å². The Balaban J connectivity index is 1.95. The van der Waals surface area contributed by atoms with Crippen LogP contribution in [0.15, 0.2) is 24.3 Å². The molecule has 1 aromatic carbocycles. The van der Waals surface area contributed by atoms with Crippen molar-refractivity contribution in [3.8, 4) is 5.69 Å². The van der Waals surface area contributed by atoms with Crippen LogP contribution in [0.1, 0.15) is 55.4 Å². The van der Waals surface area contributed by atoms with Gasteiger partial charge in [-0.25, -0.2) is 4.68 Å². The van der Waals surface area contributed by atoms with E-state index < -0.39 is 0 Å². The minimum atomic E-state index is -0.0636. The molecule has 1 aromatic heterocycles. The van der Waals surface area contributed by atoms with Gasteiger partial charge in [0.2, 0.25) is 0 Å². The third-order valence-corrected chi connectivity index (χ3v) is 5.02. The van der Waals surface area contributed by atoms with Crippen LogP contribution >= 0.6 is 11.6 Å². The van der Waals surface area contributed by atoms with Crippen molar-refractivity contribution >= 4 is 17.5 Å². The Bertz CT molecular complexity index is 795. The van der Waals surface area contributed by atoms with Crippen LogP contribution in [0, 0.1) is 5.92 Å². The van der Waals surface area contributed by atoms with Crippen molar-refractivity contribution in [2.75, 3.05) is 13.2 Å². The molecule has 0 bridgehead atoms. The molecule has 1 fully saturated rings. The molecule has 0 radical (unpaired) electrons. The maximum absolute atomic E-state index is 13.0. The second kappa shape index (κ2) is 8.89. The molecule has 1 unspecified atom stereocenters. The smallest absolute Gasteiger partial charge is 0.255 e. The van der Waals surface area contributed by atoms with E-state index in [2.05, 4.69) is 19.2 Å². The normalized spacial score (nSPS) is 16.9. The number of nitrogens with zero attached hydrogens (tertiary/aromatic N) is 2. The third-order valence-electron chi connectivity index (χ3n) is 4.78. The number of hydrogen-bond acceptors (Lipinski definition) is 3. The summed E-state index contributed by atoms with van der Waals surface area (Å²) in [7, 11) is 0. The molecule has 2 heterocycles. The molecule has 1 amide bonds. The van der Waals surface area contributed by atoms with E-state index in [1.165, 1.54) is 0 Å². The molecule has 1 N–H and O–H groups in total. The molecular formula is C21H28ClN3O2. The van der Waals surface area contributed by atoms with Gasteiger partial charge in [0.25, 0.3) is 5.91 Å². The van der Waals surface area contributed by atoms with Gasteiger partial charge in [-0.15, -0.1) is 0 Å². The highest BCUT2D eigenvalue weighted by atomic mass is 35.5. The lowest BCUT2D eigenvalue weighted by molar-refractivity contribution is 0.0856. The number of ether oxygens (including phenoxy) is 1. The maximum Gasteiger partial charge on any atom is 0.255 e. The molecule has 2 aromatic rings. The van der Waals surface area contributed by atoms with Gasteiger partial charge in [-0.3, -0.25) is 4.79 Å². The van der Waals surface area contributed by atoms with E-state index in [9.17, 15) is 4.79 Å². The Hall–Kier alpha value is -1.85. The van der Waals surface area contributed by atoms with E-state index in [4.69, 9.17) is 21.4 Å². The van der Waals surface area contributed by atoms with E-state index >= 15 is 0 Å². The average molecular weight is 390 g/mol. The van der Waals surface area contributed by atoms with Gasteiger partial charge in [0, 0.05) is 18.2 Å². The van der Waals surface area contributed by atoms with Crippen LogP contribution in [-0.4, -0.2) is 34.9 Å². The Labute approximate surface area is 166 Å². The van der Waals surface area contributed by atoms with Crippen molar-refractivity contribution in [2.45, 2.75) is 52.6 Å². The van der Waals surface area contributed by atoms with E-state index in [1.54, 1.807) is 0 Å². The first kappa shape index (κ1) is 19.9. The Kier molecular flexibility index (Phi) is 6.55. The van der Waals surface area contributed by atoms with Crippen molar-refractivity contribution in [2.24, 2.45) is 5.92 Å². The van der Waals surface area contributed by atoms with Crippen LogP contribution in [0.2, 0.25) is 5.02 Å². The van der Waals surface area contributed by atoms with Gasteiger partial charge in [0.1, 0.15) is 0 Å².